The van der Waals surface area contributed by atoms with E-state index in [1.807, 2.05) is 23.1 Å². The second-order valence-electron chi connectivity index (χ2n) is 6.68. The molecule has 0 aromatic heterocycles. The zero-order valence-electron chi connectivity index (χ0n) is 14.5. The number of likely N-dealkylation sites (tertiary alicyclic amines) is 1. The Hall–Kier alpha value is -2.00. The summed E-state index contributed by atoms with van der Waals surface area (Å²) in [4.78, 5) is 14.5. The molecule has 0 unspecified atom stereocenters. The molecule has 0 spiro atoms. The van der Waals surface area contributed by atoms with Gasteiger partial charge in [-0.1, -0.05) is 48.0 Å². The Morgan fingerprint density at radius 1 is 1.16 bits per heavy atom. The summed E-state index contributed by atoms with van der Waals surface area (Å²) in [5.41, 5.74) is 1.38. The van der Waals surface area contributed by atoms with E-state index in [2.05, 4.69) is 24.3 Å². The van der Waals surface area contributed by atoms with Crippen LogP contribution in [0, 0.1) is 5.92 Å². The average molecular weight is 358 g/mol. The van der Waals surface area contributed by atoms with Crippen LogP contribution in [0.3, 0.4) is 0 Å². The van der Waals surface area contributed by atoms with E-state index in [4.69, 9.17) is 16.3 Å². The van der Waals surface area contributed by atoms with Gasteiger partial charge in [0, 0.05) is 18.1 Å². The Labute approximate surface area is 154 Å². The molecule has 2 aromatic carbocycles. The van der Waals surface area contributed by atoms with Crippen molar-refractivity contribution < 1.29 is 9.53 Å². The van der Waals surface area contributed by atoms with Crippen molar-refractivity contribution in [1.82, 2.24) is 4.90 Å². The van der Waals surface area contributed by atoms with Crippen LogP contribution in [0.2, 0.25) is 5.02 Å². The van der Waals surface area contributed by atoms with Crippen molar-refractivity contribution in [2.24, 2.45) is 5.92 Å². The predicted octanol–water partition coefficient (Wildman–Crippen LogP) is 4.59. The van der Waals surface area contributed by atoms with Crippen molar-refractivity contribution in [1.29, 1.82) is 0 Å². The second-order valence-corrected chi connectivity index (χ2v) is 7.11. The molecular weight excluding hydrogens is 334 g/mol. The number of hydrogen-bond donors (Lipinski definition) is 0. The molecule has 0 N–H and O–H groups in total. The standard InChI is InChI=1S/C21H24ClNO2/c1-16(25-20-9-5-8-19(22)15-20)21(24)23-12-10-18(11-13-23)14-17-6-3-2-4-7-17/h2-9,15-16,18H,10-14H2,1H3/t16-/m1/s1. The molecule has 1 saturated heterocycles. The fourth-order valence-electron chi connectivity index (χ4n) is 3.36. The van der Waals surface area contributed by atoms with Crippen LogP contribution in [-0.4, -0.2) is 30.0 Å². The number of hydrogen-bond acceptors (Lipinski definition) is 2. The van der Waals surface area contributed by atoms with Gasteiger partial charge in [0.15, 0.2) is 6.10 Å². The van der Waals surface area contributed by atoms with Gasteiger partial charge < -0.3 is 9.64 Å². The summed E-state index contributed by atoms with van der Waals surface area (Å²) in [5.74, 6) is 1.33. The lowest BCUT2D eigenvalue weighted by Gasteiger charge is -2.33. The summed E-state index contributed by atoms with van der Waals surface area (Å²) in [6.45, 7) is 3.42. The van der Waals surface area contributed by atoms with Crippen LogP contribution in [-0.2, 0) is 11.2 Å². The molecule has 1 atom stereocenters. The lowest BCUT2D eigenvalue weighted by molar-refractivity contribution is -0.139. The number of carbonyl (C=O) groups is 1. The van der Waals surface area contributed by atoms with Crippen LogP contribution in [0.1, 0.15) is 25.3 Å². The highest BCUT2D eigenvalue weighted by atomic mass is 35.5. The first kappa shape index (κ1) is 17.8. The van der Waals surface area contributed by atoms with Crippen molar-refractivity contribution >= 4 is 17.5 Å². The number of rotatable bonds is 5. The van der Waals surface area contributed by atoms with Crippen molar-refractivity contribution in [3.63, 3.8) is 0 Å². The molecular formula is C21H24ClNO2. The van der Waals surface area contributed by atoms with E-state index in [-0.39, 0.29) is 5.91 Å². The SMILES string of the molecule is C[C@@H](Oc1cccc(Cl)c1)C(=O)N1CCC(Cc2ccccc2)CC1. The Morgan fingerprint density at radius 3 is 2.56 bits per heavy atom. The van der Waals surface area contributed by atoms with E-state index in [1.165, 1.54) is 5.56 Å². The average Bonchev–Trinajstić information content (AvgIpc) is 2.62. The predicted molar refractivity (Wildman–Crippen MR) is 101 cm³/mol. The van der Waals surface area contributed by atoms with Gasteiger partial charge in [0.1, 0.15) is 5.75 Å². The van der Waals surface area contributed by atoms with E-state index >= 15 is 0 Å². The molecule has 0 bridgehead atoms. The van der Waals surface area contributed by atoms with Crippen molar-refractivity contribution in [2.45, 2.75) is 32.3 Å². The first-order valence-corrected chi connectivity index (χ1v) is 9.24. The summed E-state index contributed by atoms with van der Waals surface area (Å²) in [7, 11) is 0. The van der Waals surface area contributed by atoms with Gasteiger partial charge in [-0.25, -0.2) is 0 Å². The highest BCUT2D eigenvalue weighted by Crippen LogP contribution is 2.23. The molecule has 0 radical (unpaired) electrons. The molecule has 1 heterocycles. The summed E-state index contributed by atoms with van der Waals surface area (Å²) in [6, 6.07) is 17.7. The number of piperidine rings is 1. The number of carbonyl (C=O) groups excluding carboxylic acids is 1. The van der Waals surface area contributed by atoms with Gasteiger partial charge in [-0.3, -0.25) is 4.79 Å². The minimum atomic E-state index is -0.496. The quantitative estimate of drug-likeness (QED) is 0.783. The number of ether oxygens (including phenoxy) is 1. The molecule has 25 heavy (non-hydrogen) atoms. The second kappa shape index (κ2) is 8.39. The largest absolute Gasteiger partial charge is 0.481 e. The molecule has 2 aromatic rings. The Balaban J connectivity index is 1.49. The van der Waals surface area contributed by atoms with E-state index in [0.717, 1.165) is 32.4 Å². The molecule has 3 nitrogen and oxygen atoms in total. The van der Waals surface area contributed by atoms with E-state index < -0.39 is 6.10 Å². The normalized spacial score (nSPS) is 16.5. The Kier molecular flexibility index (Phi) is 5.98. The van der Waals surface area contributed by atoms with Crippen molar-refractivity contribution in [2.75, 3.05) is 13.1 Å². The van der Waals surface area contributed by atoms with Crippen LogP contribution in [0.4, 0.5) is 0 Å². The summed E-state index contributed by atoms with van der Waals surface area (Å²) < 4.78 is 5.76. The van der Waals surface area contributed by atoms with E-state index in [1.54, 1.807) is 19.1 Å². The van der Waals surface area contributed by atoms with Crippen LogP contribution in [0.5, 0.6) is 5.75 Å². The fourth-order valence-corrected chi connectivity index (χ4v) is 3.54. The smallest absolute Gasteiger partial charge is 0.263 e. The summed E-state index contributed by atoms with van der Waals surface area (Å²) >= 11 is 5.96. The highest BCUT2D eigenvalue weighted by molar-refractivity contribution is 6.30. The summed E-state index contributed by atoms with van der Waals surface area (Å²) in [5, 5.41) is 0.610. The topological polar surface area (TPSA) is 29.5 Å². The molecule has 3 rings (SSSR count). The zero-order valence-corrected chi connectivity index (χ0v) is 15.3. The van der Waals surface area contributed by atoms with Crippen LogP contribution in [0.25, 0.3) is 0 Å². The van der Waals surface area contributed by atoms with Crippen molar-refractivity contribution in [3.05, 3.63) is 65.2 Å². The Bertz CT molecular complexity index is 696. The van der Waals surface area contributed by atoms with Gasteiger partial charge in [0.25, 0.3) is 5.91 Å². The molecule has 0 saturated carbocycles. The minimum absolute atomic E-state index is 0.0538. The maximum absolute atomic E-state index is 12.6. The lowest BCUT2D eigenvalue weighted by Crippen LogP contribution is -2.45. The molecule has 1 aliphatic heterocycles. The zero-order chi connectivity index (χ0) is 17.6. The minimum Gasteiger partial charge on any atom is -0.481 e. The van der Waals surface area contributed by atoms with Gasteiger partial charge in [-0.2, -0.15) is 0 Å². The molecule has 1 aliphatic rings. The first-order valence-electron chi connectivity index (χ1n) is 8.87. The van der Waals surface area contributed by atoms with Crippen LogP contribution < -0.4 is 4.74 Å². The van der Waals surface area contributed by atoms with E-state index in [9.17, 15) is 4.79 Å². The fraction of sp³-hybridized carbons (Fsp3) is 0.381. The third kappa shape index (κ3) is 4.99. The third-order valence-electron chi connectivity index (χ3n) is 4.75. The van der Waals surface area contributed by atoms with Gasteiger partial charge >= 0.3 is 0 Å². The van der Waals surface area contributed by atoms with Crippen LogP contribution >= 0.6 is 11.6 Å². The molecule has 0 aliphatic carbocycles. The maximum Gasteiger partial charge on any atom is 0.263 e. The van der Waals surface area contributed by atoms with E-state index in [0.29, 0.717) is 16.7 Å². The molecule has 1 amide bonds. The van der Waals surface area contributed by atoms with Crippen molar-refractivity contribution in [3.8, 4) is 5.75 Å². The monoisotopic (exact) mass is 357 g/mol. The lowest BCUT2D eigenvalue weighted by atomic mass is 9.90. The van der Waals surface area contributed by atoms with Gasteiger partial charge in [-0.05, 0) is 55.9 Å². The molecule has 132 valence electrons. The number of amides is 1. The third-order valence-corrected chi connectivity index (χ3v) is 4.99. The first-order chi connectivity index (χ1) is 12.1. The Morgan fingerprint density at radius 2 is 1.88 bits per heavy atom. The van der Waals surface area contributed by atoms with Crippen LogP contribution in [0.15, 0.2) is 54.6 Å². The highest BCUT2D eigenvalue weighted by Gasteiger charge is 2.27. The summed E-state index contributed by atoms with van der Waals surface area (Å²) in [6.07, 6.45) is 2.69. The van der Waals surface area contributed by atoms with Gasteiger partial charge in [-0.15, -0.1) is 0 Å². The molecule has 4 heteroatoms. The maximum atomic E-state index is 12.6. The van der Waals surface area contributed by atoms with Gasteiger partial charge in [0.05, 0.1) is 0 Å². The number of halogens is 1. The van der Waals surface area contributed by atoms with Gasteiger partial charge in [0.2, 0.25) is 0 Å². The molecule has 1 fully saturated rings. The number of benzene rings is 2. The number of nitrogens with zero attached hydrogens (tertiary/aromatic N) is 1.